The first-order chi connectivity index (χ1) is 9.95. The second-order valence-corrected chi connectivity index (χ2v) is 8.87. The first kappa shape index (κ1) is 15.0. The zero-order valence-electron chi connectivity index (χ0n) is 11.2. The summed E-state index contributed by atoms with van der Waals surface area (Å²) in [6.07, 6.45) is 3.45. The van der Waals surface area contributed by atoms with Crippen molar-refractivity contribution in [3.8, 4) is 0 Å². The highest BCUT2D eigenvalue weighted by molar-refractivity contribution is 9.10. The summed E-state index contributed by atoms with van der Waals surface area (Å²) in [5.41, 5.74) is 7.57. The molecule has 0 aliphatic heterocycles. The van der Waals surface area contributed by atoms with E-state index in [9.17, 15) is 8.42 Å². The number of nitrogen functional groups attached to an aromatic ring is 1. The van der Waals surface area contributed by atoms with Crippen molar-refractivity contribution < 1.29 is 8.42 Å². The first-order valence-electron chi connectivity index (χ1n) is 6.61. The van der Waals surface area contributed by atoms with Crippen molar-refractivity contribution in [2.24, 2.45) is 0 Å². The van der Waals surface area contributed by atoms with Crippen molar-refractivity contribution in [3.05, 3.63) is 44.1 Å². The third-order valence-corrected chi connectivity index (χ3v) is 6.84. The fraction of sp³-hybridized carbons (Fsp3) is 0.286. The van der Waals surface area contributed by atoms with Gasteiger partial charge in [0.05, 0.1) is 4.90 Å². The van der Waals surface area contributed by atoms with Gasteiger partial charge < -0.3 is 5.73 Å². The van der Waals surface area contributed by atoms with E-state index in [0.717, 1.165) is 17.7 Å². The third-order valence-electron chi connectivity index (χ3n) is 3.52. The van der Waals surface area contributed by atoms with Gasteiger partial charge in [0, 0.05) is 26.5 Å². The Balaban J connectivity index is 1.74. The molecule has 0 radical (unpaired) electrons. The summed E-state index contributed by atoms with van der Waals surface area (Å²) < 4.78 is 27.8. The zero-order valence-corrected chi connectivity index (χ0v) is 14.4. The number of aryl methyl sites for hydroxylation is 2. The molecule has 3 N–H and O–H groups in total. The largest absolute Gasteiger partial charge is 0.398 e. The van der Waals surface area contributed by atoms with Crippen molar-refractivity contribution in [2.75, 3.05) is 5.73 Å². The molecule has 4 nitrogen and oxygen atoms in total. The highest BCUT2D eigenvalue weighted by Crippen LogP contribution is 2.30. The first-order valence-corrected chi connectivity index (χ1v) is 9.70. The van der Waals surface area contributed by atoms with Crippen LogP contribution in [0.25, 0.3) is 0 Å². The average molecular weight is 387 g/mol. The third kappa shape index (κ3) is 3.15. The van der Waals surface area contributed by atoms with E-state index < -0.39 is 10.0 Å². The van der Waals surface area contributed by atoms with Gasteiger partial charge in [-0.2, -0.15) is 0 Å². The van der Waals surface area contributed by atoms with E-state index >= 15 is 0 Å². The van der Waals surface area contributed by atoms with Crippen molar-refractivity contribution >= 4 is 43.0 Å². The monoisotopic (exact) mass is 386 g/mol. The van der Waals surface area contributed by atoms with Crippen LogP contribution in [0, 0.1) is 0 Å². The van der Waals surface area contributed by atoms with Gasteiger partial charge >= 0.3 is 0 Å². The normalized spacial score (nSPS) is 14.3. The average Bonchev–Trinajstić information content (AvgIpc) is 3.00. The maximum Gasteiger partial charge on any atom is 0.240 e. The lowest BCUT2D eigenvalue weighted by atomic mass is 10.2. The maximum absolute atomic E-state index is 12.3. The van der Waals surface area contributed by atoms with Crippen molar-refractivity contribution in [1.29, 1.82) is 0 Å². The number of hydrogen-bond acceptors (Lipinski definition) is 4. The maximum atomic E-state index is 12.3. The minimum Gasteiger partial charge on any atom is -0.398 e. The number of nitrogens with two attached hydrogens (primary N) is 1. The van der Waals surface area contributed by atoms with Crippen LogP contribution in [0.4, 0.5) is 5.69 Å². The highest BCUT2D eigenvalue weighted by Gasteiger charge is 2.18. The summed E-state index contributed by atoms with van der Waals surface area (Å²) in [5, 5.41) is 0. The second kappa shape index (κ2) is 5.72. The molecule has 21 heavy (non-hydrogen) atoms. The lowest BCUT2D eigenvalue weighted by molar-refractivity contribution is 0.582. The summed E-state index contributed by atoms with van der Waals surface area (Å²) in [7, 11) is -3.52. The van der Waals surface area contributed by atoms with E-state index in [1.807, 2.05) is 0 Å². The van der Waals surface area contributed by atoms with Crippen LogP contribution in [0.1, 0.15) is 21.7 Å². The molecule has 1 aliphatic carbocycles. The van der Waals surface area contributed by atoms with Gasteiger partial charge in [-0.3, -0.25) is 0 Å². The van der Waals surface area contributed by atoms with Gasteiger partial charge in [-0.05, 0) is 65.0 Å². The standard InChI is InChI=1S/C14H15BrN2O2S2/c15-12-7-11(4-5-13(12)16)21(18,19)17-8-10-6-9-2-1-3-14(9)20-10/h4-7,17H,1-3,8,16H2. The Kier molecular flexibility index (Phi) is 4.09. The highest BCUT2D eigenvalue weighted by atomic mass is 79.9. The number of thiophene rings is 1. The van der Waals surface area contributed by atoms with E-state index in [1.165, 1.54) is 29.0 Å². The molecule has 0 bridgehead atoms. The predicted octanol–water partition coefficient (Wildman–Crippen LogP) is 3.06. The zero-order chi connectivity index (χ0) is 15.0. The molecule has 1 aromatic heterocycles. The Morgan fingerprint density at radius 1 is 1.29 bits per heavy atom. The van der Waals surface area contributed by atoms with Crippen LogP contribution in [-0.4, -0.2) is 8.42 Å². The predicted molar refractivity (Wildman–Crippen MR) is 88.9 cm³/mol. The lowest BCUT2D eigenvalue weighted by Crippen LogP contribution is -2.22. The quantitative estimate of drug-likeness (QED) is 0.792. The van der Waals surface area contributed by atoms with Crippen molar-refractivity contribution in [2.45, 2.75) is 30.7 Å². The number of anilines is 1. The van der Waals surface area contributed by atoms with Gasteiger partial charge in [0.15, 0.2) is 0 Å². The lowest BCUT2D eigenvalue weighted by Gasteiger charge is -2.07. The smallest absolute Gasteiger partial charge is 0.240 e. The van der Waals surface area contributed by atoms with E-state index in [0.29, 0.717) is 16.7 Å². The minimum absolute atomic E-state index is 0.215. The van der Waals surface area contributed by atoms with Crippen LogP contribution in [0.2, 0.25) is 0 Å². The molecule has 0 spiro atoms. The van der Waals surface area contributed by atoms with Crippen molar-refractivity contribution in [3.63, 3.8) is 0 Å². The summed E-state index contributed by atoms with van der Waals surface area (Å²) >= 11 is 4.96. The Morgan fingerprint density at radius 3 is 2.81 bits per heavy atom. The molecule has 0 amide bonds. The van der Waals surface area contributed by atoms with Crippen LogP contribution >= 0.6 is 27.3 Å². The van der Waals surface area contributed by atoms with Crippen LogP contribution in [0.3, 0.4) is 0 Å². The van der Waals surface area contributed by atoms with Gasteiger partial charge in [-0.15, -0.1) is 11.3 Å². The SMILES string of the molecule is Nc1ccc(S(=O)(=O)NCc2cc3c(s2)CCC3)cc1Br. The van der Waals surface area contributed by atoms with Gasteiger partial charge in [0.2, 0.25) is 10.0 Å². The number of sulfonamides is 1. The Bertz CT molecular complexity index is 763. The Morgan fingerprint density at radius 2 is 2.10 bits per heavy atom. The van der Waals surface area contributed by atoms with Gasteiger partial charge in [0.25, 0.3) is 0 Å². The molecule has 0 fully saturated rings. The molecule has 0 saturated heterocycles. The molecule has 0 unspecified atom stereocenters. The fourth-order valence-electron chi connectivity index (χ4n) is 2.40. The minimum atomic E-state index is -3.52. The molecule has 2 aromatic rings. The van der Waals surface area contributed by atoms with Gasteiger partial charge in [-0.1, -0.05) is 0 Å². The molecular formula is C14H15BrN2O2S2. The number of fused-ring (bicyclic) bond motifs is 1. The summed E-state index contributed by atoms with van der Waals surface area (Å²) in [5.74, 6) is 0. The van der Waals surface area contributed by atoms with Crippen LogP contribution in [0.15, 0.2) is 33.6 Å². The fourth-order valence-corrected chi connectivity index (χ4v) is 5.26. The van der Waals surface area contributed by atoms with E-state index in [4.69, 9.17) is 5.73 Å². The molecule has 1 heterocycles. The molecule has 3 rings (SSSR count). The van der Waals surface area contributed by atoms with Crippen molar-refractivity contribution in [1.82, 2.24) is 4.72 Å². The molecular weight excluding hydrogens is 372 g/mol. The number of nitrogens with one attached hydrogen (secondary N) is 1. The molecule has 0 atom stereocenters. The topological polar surface area (TPSA) is 72.2 Å². The molecule has 112 valence electrons. The molecule has 0 saturated carbocycles. The number of hydrogen-bond donors (Lipinski definition) is 2. The van der Waals surface area contributed by atoms with Crippen LogP contribution in [-0.2, 0) is 29.4 Å². The molecule has 1 aliphatic rings. The Hall–Kier alpha value is -0.890. The summed E-state index contributed by atoms with van der Waals surface area (Å²) in [6.45, 7) is 0.335. The number of benzene rings is 1. The van der Waals surface area contributed by atoms with Crippen LogP contribution in [0.5, 0.6) is 0 Å². The van der Waals surface area contributed by atoms with E-state index in [1.54, 1.807) is 17.4 Å². The Labute approximate surface area is 136 Å². The van der Waals surface area contributed by atoms with E-state index in [2.05, 4.69) is 26.7 Å². The molecule has 7 heteroatoms. The second-order valence-electron chi connectivity index (χ2n) is 5.02. The van der Waals surface area contributed by atoms with Crippen LogP contribution < -0.4 is 10.5 Å². The van der Waals surface area contributed by atoms with E-state index in [-0.39, 0.29) is 4.90 Å². The summed E-state index contributed by atoms with van der Waals surface area (Å²) in [4.78, 5) is 2.69. The molecule has 1 aromatic carbocycles. The van der Waals surface area contributed by atoms with Gasteiger partial charge in [0.1, 0.15) is 0 Å². The summed E-state index contributed by atoms with van der Waals surface area (Å²) in [6, 6.07) is 6.73. The number of rotatable bonds is 4. The van der Waals surface area contributed by atoms with Gasteiger partial charge in [-0.25, -0.2) is 13.1 Å². The number of halogens is 1.